The van der Waals surface area contributed by atoms with E-state index >= 15 is 0 Å². The monoisotopic (exact) mass is 317 g/mol. The van der Waals surface area contributed by atoms with Crippen molar-refractivity contribution in [2.75, 3.05) is 5.32 Å². The fourth-order valence-corrected chi connectivity index (χ4v) is 2.47. The van der Waals surface area contributed by atoms with Crippen molar-refractivity contribution in [3.05, 3.63) is 30.0 Å². The van der Waals surface area contributed by atoms with Crippen molar-refractivity contribution in [1.82, 2.24) is 20.1 Å². The van der Waals surface area contributed by atoms with Crippen LogP contribution in [-0.4, -0.2) is 26.6 Å². The van der Waals surface area contributed by atoms with Crippen LogP contribution in [-0.2, 0) is 22.6 Å². The average molecular weight is 317 g/mol. The minimum atomic E-state index is -0.692. The molecule has 8 heteroatoms. The Morgan fingerprint density at radius 2 is 2.39 bits per heavy atom. The first kappa shape index (κ1) is 15.3. The number of nitrogens with one attached hydrogen (secondary N) is 2. The third-order valence-corrected chi connectivity index (χ3v) is 3.51. The predicted octanol–water partition coefficient (Wildman–Crippen LogP) is 1.27. The molecule has 1 aliphatic heterocycles. The SMILES string of the molecule is CC(C)Cc1nc2n(n1)[C@@H](C(=O)NCc1ccco1)CC(=O)N2. The molecule has 3 heterocycles. The second-order valence-electron chi connectivity index (χ2n) is 5.96. The van der Waals surface area contributed by atoms with Crippen LogP contribution in [0.2, 0.25) is 0 Å². The summed E-state index contributed by atoms with van der Waals surface area (Å²) >= 11 is 0. The highest BCUT2D eigenvalue weighted by Crippen LogP contribution is 2.23. The van der Waals surface area contributed by atoms with Crippen LogP contribution in [0.25, 0.3) is 0 Å². The Morgan fingerprint density at radius 1 is 1.57 bits per heavy atom. The van der Waals surface area contributed by atoms with Gasteiger partial charge in [0.05, 0.1) is 19.2 Å². The Kier molecular flexibility index (Phi) is 4.14. The summed E-state index contributed by atoms with van der Waals surface area (Å²) in [7, 11) is 0. The molecule has 2 aromatic rings. The van der Waals surface area contributed by atoms with E-state index in [9.17, 15) is 9.59 Å². The molecule has 0 bridgehead atoms. The lowest BCUT2D eigenvalue weighted by atomic mass is 10.1. The second-order valence-corrected chi connectivity index (χ2v) is 5.96. The summed E-state index contributed by atoms with van der Waals surface area (Å²) in [6, 6.07) is 2.83. The molecule has 0 saturated carbocycles. The standard InChI is InChI=1S/C15H19N5O3/c1-9(2)6-12-17-15-18-13(21)7-11(20(15)19-12)14(22)16-8-10-4-3-5-23-10/h3-5,9,11H,6-8H2,1-2H3,(H,16,22)(H,17,18,19,21)/t11-/m1/s1. The minimum Gasteiger partial charge on any atom is -0.467 e. The molecule has 0 radical (unpaired) electrons. The summed E-state index contributed by atoms with van der Waals surface area (Å²) in [6.07, 6.45) is 2.28. The second kappa shape index (κ2) is 6.23. The molecule has 8 nitrogen and oxygen atoms in total. The molecule has 0 saturated heterocycles. The van der Waals surface area contributed by atoms with Crippen LogP contribution in [0.15, 0.2) is 22.8 Å². The maximum Gasteiger partial charge on any atom is 0.245 e. The molecule has 0 spiro atoms. The van der Waals surface area contributed by atoms with Crippen LogP contribution in [0.5, 0.6) is 0 Å². The van der Waals surface area contributed by atoms with Gasteiger partial charge < -0.3 is 9.73 Å². The minimum absolute atomic E-state index is 0.0431. The molecule has 2 aromatic heterocycles. The van der Waals surface area contributed by atoms with Gasteiger partial charge in [0, 0.05) is 6.42 Å². The molecule has 2 amide bonds. The van der Waals surface area contributed by atoms with Crippen LogP contribution in [0.3, 0.4) is 0 Å². The number of nitrogens with zero attached hydrogens (tertiary/aromatic N) is 3. The largest absolute Gasteiger partial charge is 0.467 e. The van der Waals surface area contributed by atoms with Crippen molar-refractivity contribution < 1.29 is 14.0 Å². The van der Waals surface area contributed by atoms with E-state index in [1.165, 1.54) is 4.68 Å². The fraction of sp³-hybridized carbons (Fsp3) is 0.467. The number of rotatable bonds is 5. The third kappa shape index (κ3) is 3.41. The smallest absolute Gasteiger partial charge is 0.245 e. The van der Waals surface area contributed by atoms with Gasteiger partial charge in [-0.3, -0.25) is 14.9 Å². The first-order valence-corrected chi connectivity index (χ1v) is 7.58. The van der Waals surface area contributed by atoms with Gasteiger partial charge in [0.1, 0.15) is 11.8 Å². The Morgan fingerprint density at radius 3 is 3.09 bits per heavy atom. The van der Waals surface area contributed by atoms with Gasteiger partial charge in [-0.1, -0.05) is 13.8 Å². The van der Waals surface area contributed by atoms with Gasteiger partial charge in [-0.25, -0.2) is 4.68 Å². The van der Waals surface area contributed by atoms with Gasteiger partial charge >= 0.3 is 0 Å². The van der Waals surface area contributed by atoms with E-state index < -0.39 is 6.04 Å². The maximum atomic E-state index is 12.4. The van der Waals surface area contributed by atoms with Crippen molar-refractivity contribution in [1.29, 1.82) is 0 Å². The summed E-state index contributed by atoms with van der Waals surface area (Å²) in [6.45, 7) is 4.39. The van der Waals surface area contributed by atoms with Gasteiger partial charge in [0.15, 0.2) is 5.82 Å². The molecule has 0 fully saturated rings. The number of furan rings is 1. The zero-order valence-electron chi connectivity index (χ0n) is 13.1. The van der Waals surface area contributed by atoms with E-state index in [4.69, 9.17) is 4.42 Å². The molecule has 2 N–H and O–H groups in total. The highest BCUT2D eigenvalue weighted by atomic mass is 16.3. The third-order valence-electron chi connectivity index (χ3n) is 3.51. The lowest BCUT2D eigenvalue weighted by Gasteiger charge is -2.22. The van der Waals surface area contributed by atoms with Crippen molar-refractivity contribution in [3.8, 4) is 0 Å². The summed E-state index contributed by atoms with van der Waals surface area (Å²) in [5.41, 5.74) is 0. The molecule has 1 aliphatic rings. The van der Waals surface area contributed by atoms with E-state index in [1.807, 2.05) is 0 Å². The van der Waals surface area contributed by atoms with Crippen LogP contribution < -0.4 is 10.6 Å². The van der Waals surface area contributed by atoms with E-state index in [-0.39, 0.29) is 24.8 Å². The van der Waals surface area contributed by atoms with E-state index in [1.54, 1.807) is 18.4 Å². The number of aromatic nitrogens is 3. The number of hydrogen-bond acceptors (Lipinski definition) is 5. The zero-order valence-corrected chi connectivity index (χ0v) is 13.1. The van der Waals surface area contributed by atoms with Crippen molar-refractivity contribution in [2.45, 2.75) is 39.3 Å². The van der Waals surface area contributed by atoms with Gasteiger partial charge in [-0.05, 0) is 18.1 Å². The summed E-state index contributed by atoms with van der Waals surface area (Å²) in [4.78, 5) is 28.5. The fourth-order valence-electron chi connectivity index (χ4n) is 2.47. The van der Waals surface area contributed by atoms with E-state index in [2.05, 4.69) is 34.6 Å². The Bertz CT molecular complexity index is 705. The first-order chi connectivity index (χ1) is 11.0. The highest BCUT2D eigenvalue weighted by molar-refractivity contribution is 5.96. The Hall–Kier alpha value is -2.64. The van der Waals surface area contributed by atoms with E-state index in [0.29, 0.717) is 29.9 Å². The van der Waals surface area contributed by atoms with Crippen LogP contribution in [0.4, 0.5) is 5.95 Å². The number of amides is 2. The summed E-state index contributed by atoms with van der Waals surface area (Å²) < 4.78 is 6.68. The number of carbonyl (C=O) groups is 2. The summed E-state index contributed by atoms with van der Waals surface area (Å²) in [5.74, 6) is 1.48. The predicted molar refractivity (Wildman–Crippen MR) is 81.4 cm³/mol. The van der Waals surface area contributed by atoms with Gasteiger partial charge in [-0.2, -0.15) is 10.1 Å². The van der Waals surface area contributed by atoms with Gasteiger partial charge in [-0.15, -0.1) is 0 Å². The number of anilines is 1. The molecule has 0 aromatic carbocycles. The van der Waals surface area contributed by atoms with Crippen LogP contribution in [0.1, 0.15) is 37.9 Å². The van der Waals surface area contributed by atoms with E-state index in [0.717, 1.165) is 0 Å². The topological polar surface area (TPSA) is 102 Å². The Balaban J connectivity index is 1.75. The van der Waals surface area contributed by atoms with Crippen molar-refractivity contribution >= 4 is 17.8 Å². The Labute approximate surface area is 133 Å². The molecule has 122 valence electrons. The molecule has 23 heavy (non-hydrogen) atoms. The lowest BCUT2D eigenvalue weighted by molar-refractivity contribution is -0.129. The highest BCUT2D eigenvalue weighted by Gasteiger charge is 2.33. The number of fused-ring (bicyclic) bond motifs is 1. The maximum absolute atomic E-state index is 12.4. The molecular formula is C15H19N5O3. The summed E-state index contributed by atoms with van der Waals surface area (Å²) in [5, 5.41) is 9.80. The number of hydrogen-bond donors (Lipinski definition) is 2. The van der Waals surface area contributed by atoms with Crippen LogP contribution >= 0.6 is 0 Å². The van der Waals surface area contributed by atoms with Crippen molar-refractivity contribution in [2.24, 2.45) is 5.92 Å². The van der Waals surface area contributed by atoms with Crippen LogP contribution in [0, 0.1) is 5.92 Å². The molecule has 0 aliphatic carbocycles. The quantitative estimate of drug-likeness (QED) is 0.864. The first-order valence-electron chi connectivity index (χ1n) is 7.58. The molecule has 1 atom stereocenters. The normalized spacial score (nSPS) is 17.0. The lowest BCUT2D eigenvalue weighted by Crippen LogP contribution is -2.39. The van der Waals surface area contributed by atoms with Gasteiger partial charge in [0.25, 0.3) is 0 Å². The average Bonchev–Trinajstić information content (AvgIpc) is 3.11. The molecule has 3 rings (SSSR count). The molecule has 0 unspecified atom stereocenters. The van der Waals surface area contributed by atoms with Crippen molar-refractivity contribution in [3.63, 3.8) is 0 Å². The zero-order chi connectivity index (χ0) is 16.4. The number of carbonyl (C=O) groups excluding carboxylic acids is 2. The molecular weight excluding hydrogens is 298 g/mol. The van der Waals surface area contributed by atoms with Gasteiger partial charge in [0.2, 0.25) is 17.8 Å².